The summed E-state index contributed by atoms with van der Waals surface area (Å²) in [5.74, 6) is 0.505. The number of nitrogens with one attached hydrogen (secondary N) is 2. The van der Waals surface area contributed by atoms with Crippen LogP contribution < -0.4 is 20.1 Å². The number of carbonyl (C=O) groups is 2. The molecule has 172 valence electrons. The summed E-state index contributed by atoms with van der Waals surface area (Å²) >= 11 is 7.57. The van der Waals surface area contributed by atoms with Crippen molar-refractivity contribution in [3.63, 3.8) is 0 Å². The SMILES string of the molecule is COc1cc(OC)c(NC(=O)C(C)Sc2cccc(NC(=O)c3cccc(C)c3)c2)cc1Cl. The first kappa shape index (κ1) is 24.5. The molecule has 0 aliphatic carbocycles. The molecule has 8 heteroatoms. The zero-order valence-corrected chi connectivity index (χ0v) is 20.3. The third-order valence-corrected chi connectivity index (χ3v) is 6.18. The second kappa shape index (κ2) is 11.1. The molecule has 2 N–H and O–H groups in total. The summed E-state index contributed by atoms with van der Waals surface area (Å²) in [7, 11) is 3.02. The standard InChI is InChI=1S/C25H25ClN2O4S/c1-15-7-5-8-17(11-15)25(30)27-18-9-6-10-19(12-18)33-16(2)24(29)28-21-13-20(26)22(31-3)14-23(21)32-4/h5-14,16H,1-4H3,(H,27,30)(H,28,29). The third kappa shape index (κ3) is 6.43. The van der Waals surface area contributed by atoms with Crippen molar-refractivity contribution in [1.82, 2.24) is 0 Å². The maximum Gasteiger partial charge on any atom is 0.255 e. The molecule has 0 radical (unpaired) electrons. The first-order chi connectivity index (χ1) is 15.8. The zero-order chi connectivity index (χ0) is 24.0. The number of rotatable bonds is 8. The van der Waals surface area contributed by atoms with E-state index in [1.807, 2.05) is 49.4 Å². The monoisotopic (exact) mass is 484 g/mol. The average Bonchev–Trinajstić information content (AvgIpc) is 2.79. The van der Waals surface area contributed by atoms with Gasteiger partial charge in [-0.3, -0.25) is 9.59 Å². The number of methoxy groups -OCH3 is 2. The van der Waals surface area contributed by atoms with Crippen LogP contribution in [0, 0.1) is 6.92 Å². The van der Waals surface area contributed by atoms with Gasteiger partial charge in [0.2, 0.25) is 5.91 Å². The highest BCUT2D eigenvalue weighted by atomic mass is 35.5. The van der Waals surface area contributed by atoms with Gasteiger partial charge in [0.15, 0.2) is 0 Å². The number of aryl methyl sites for hydroxylation is 1. The van der Waals surface area contributed by atoms with Gasteiger partial charge in [0, 0.05) is 22.2 Å². The molecule has 1 unspecified atom stereocenters. The van der Waals surface area contributed by atoms with Crippen LogP contribution in [0.2, 0.25) is 5.02 Å². The summed E-state index contributed by atoms with van der Waals surface area (Å²) in [6.45, 7) is 3.74. The number of anilines is 2. The number of amides is 2. The van der Waals surface area contributed by atoms with E-state index in [-0.39, 0.29) is 11.8 Å². The molecule has 0 bridgehead atoms. The van der Waals surface area contributed by atoms with Crippen LogP contribution >= 0.6 is 23.4 Å². The number of hydrogen-bond acceptors (Lipinski definition) is 5. The second-order valence-electron chi connectivity index (χ2n) is 7.29. The van der Waals surface area contributed by atoms with Crippen molar-refractivity contribution in [2.75, 3.05) is 24.9 Å². The van der Waals surface area contributed by atoms with Crippen LogP contribution in [0.3, 0.4) is 0 Å². The van der Waals surface area contributed by atoms with Crippen molar-refractivity contribution in [2.45, 2.75) is 24.0 Å². The van der Waals surface area contributed by atoms with Gasteiger partial charge in [-0.15, -0.1) is 11.8 Å². The van der Waals surface area contributed by atoms with E-state index in [0.717, 1.165) is 10.5 Å². The largest absolute Gasteiger partial charge is 0.495 e. The van der Waals surface area contributed by atoms with E-state index in [2.05, 4.69) is 10.6 Å². The number of ether oxygens (including phenoxy) is 2. The lowest BCUT2D eigenvalue weighted by Crippen LogP contribution is -2.22. The van der Waals surface area contributed by atoms with Crippen molar-refractivity contribution < 1.29 is 19.1 Å². The molecule has 0 spiro atoms. The van der Waals surface area contributed by atoms with E-state index in [9.17, 15) is 9.59 Å². The van der Waals surface area contributed by atoms with Crippen LogP contribution in [0.5, 0.6) is 11.5 Å². The molecule has 0 fully saturated rings. The first-order valence-corrected chi connectivity index (χ1v) is 11.4. The Labute approximate surface area is 202 Å². The van der Waals surface area contributed by atoms with Crippen molar-refractivity contribution in [1.29, 1.82) is 0 Å². The lowest BCUT2D eigenvalue weighted by molar-refractivity contribution is -0.115. The van der Waals surface area contributed by atoms with Gasteiger partial charge in [-0.05, 0) is 50.2 Å². The van der Waals surface area contributed by atoms with Gasteiger partial charge in [0.05, 0.1) is 30.2 Å². The predicted molar refractivity (Wildman–Crippen MR) is 134 cm³/mol. The summed E-state index contributed by atoms with van der Waals surface area (Å²) in [6, 6.07) is 18.0. The van der Waals surface area contributed by atoms with Crippen LogP contribution in [0.25, 0.3) is 0 Å². The molecule has 0 saturated carbocycles. The van der Waals surface area contributed by atoms with Gasteiger partial charge in [-0.2, -0.15) is 0 Å². The number of benzene rings is 3. The first-order valence-electron chi connectivity index (χ1n) is 10.2. The molecule has 33 heavy (non-hydrogen) atoms. The molecule has 3 rings (SSSR count). The molecule has 3 aromatic rings. The Morgan fingerprint density at radius 3 is 2.36 bits per heavy atom. The van der Waals surface area contributed by atoms with Gasteiger partial charge in [0.25, 0.3) is 5.91 Å². The minimum Gasteiger partial charge on any atom is -0.495 e. The molecule has 2 amide bonds. The molecular formula is C25H25ClN2O4S. The Balaban J connectivity index is 1.67. The Hall–Kier alpha value is -3.16. The predicted octanol–water partition coefficient (Wildman–Crippen LogP) is 6.04. The van der Waals surface area contributed by atoms with E-state index in [4.69, 9.17) is 21.1 Å². The van der Waals surface area contributed by atoms with Gasteiger partial charge < -0.3 is 20.1 Å². The quantitative estimate of drug-likeness (QED) is 0.381. The van der Waals surface area contributed by atoms with Crippen LogP contribution in [-0.4, -0.2) is 31.3 Å². The lowest BCUT2D eigenvalue weighted by Gasteiger charge is -2.16. The van der Waals surface area contributed by atoms with E-state index in [1.54, 1.807) is 25.1 Å². The summed E-state index contributed by atoms with van der Waals surface area (Å²) in [5, 5.41) is 5.71. The molecule has 0 aliphatic rings. The molecule has 0 heterocycles. The van der Waals surface area contributed by atoms with Crippen molar-refractivity contribution in [3.05, 3.63) is 76.8 Å². The molecule has 0 aromatic heterocycles. The van der Waals surface area contributed by atoms with E-state index < -0.39 is 5.25 Å². The van der Waals surface area contributed by atoms with Crippen LogP contribution in [0.15, 0.2) is 65.6 Å². The Morgan fingerprint density at radius 1 is 0.939 bits per heavy atom. The van der Waals surface area contributed by atoms with Crippen molar-refractivity contribution in [3.8, 4) is 11.5 Å². The molecular weight excluding hydrogens is 460 g/mol. The fourth-order valence-electron chi connectivity index (χ4n) is 3.09. The van der Waals surface area contributed by atoms with Crippen LogP contribution in [0.4, 0.5) is 11.4 Å². The summed E-state index contributed by atoms with van der Waals surface area (Å²) in [4.78, 5) is 26.2. The highest BCUT2D eigenvalue weighted by molar-refractivity contribution is 8.00. The van der Waals surface area contributed by atoms with E-state index in [1.165, 1.54) is 26.0 Å². The van der Waals surface area contributed by atoms with Crippen molar-refractivity contribution in [2.24, 2.45) is 0 Å². The number of thioether (sulfide) groups is 1. The number of halogens is 1. The smallest absolute Gasteiger partial charge is 0.255 e. The van der Waals surface area contributed by atoms with Gasteiger partial charge in [0.1, 0.15) is 11.5 Å². The lowest BCUT2D eigenvalue weighted by atomic mass is 10.1. The minimum atomic E-state index is -0.418. The van der Waals surface area contributed by atoms with E-state index in [0.29, 0.717) is 33.5 Å². The highest BCUT2D eigenvalue weighted by Gasteiger charge is 2.18. The topological polar surface area (TPSA) is 76.7 Å². The van der Waals surface area contributed by atoms with E-state index >= 15 is 0 Å². The molecule has 1 atom stereocenters. The molecule has 0 saturated heterocycles. The molecule has 3 aromatic carbocycles. The normalized spacial score (nSPS) is 11.4. The summed E-state index contributed by atoms with van der Waals surface area (Å²) in [5.41, 5.74) is 2.72. The summed E-state index contributed by atoms with van der Waals surface area (Å²) < 4.78 is 10.5. The van der Waals surface area contributed by atoms with Crippen molar-refractivity contribution >= 4 is 46.6 Å². The minimum absolute atomic E-state index is 0.185. The van der Waals surface area contributed by atoms with Gasteiger partial charge in [-0.25, -0.2) is 0 Å². The van der Waals surface area contributed by atoms with Gasteiger partial charge in [-0.1, -0.05) is 35.4 Å². The Kier molecular flexibility index (Phi) is 8.25. The van der Waals surface area contributed by atoms with Gasteiger partial charge >= 0.3 is 0 Å². The average molecular weight is 485 g/mol. The number of carbonyl (C=O) groups excluding carboxylic acids is 2. The second-order valence-corrected chi connectivity index (χ2v) is 9.11. The molecule has 0 aliphatic heterocycles. The molecule has 6 nitrogen and oxygen atoms in total. The zero-order valence-electron chi connectivity index (χ0n) is 18.8. The fourth-order valence-corrected chi connectivity index (χ4v) is 4.25. The number of hydrogen-bond donors (Lipinski definition) is 2. The highest BCUT2D eigenvalue weighted by Crippen LogP contribution is 2.36. The summed E-state index contributed by atoms with van der Waals surface area (Å²) in [6.07, 6.45) is 0. The maximum absolute atomic E-state index is 12.8. The Morgan fingerprint density at radius 2 is 1.67 bits per heavy atom. The van der Waals surface area contributed by atoms with Crippen LogP contribution in [-0.2, 0) is 4.79 Å². The maximum atomic E-state index is 12.8. The Bertz CT molecular complexity index is 1170. The third-order valence-electron chi connectivity index (χ3n) is 4.79. The van der Waals surface area contributed by atoms with Crippen LogP contribution in [0.1, 0.15) is 22.8 Å². The fraction of sp³-hybridized carbons (Fsp3) is 0.200.